The van der Waals surface area contributed by atoms with E-state index in [4.69, 9.17) is 4.74 Å². The number of para-hydroxylation sites is 1. The zero-order valence-electron chi connectivity index (χ0n) is 18.4. The minimum absolute atomic E-state index is 0.0864. The Balaban J connectivity index is 1.50. The van der Waals surface area contributed by atoms with E-state index in [1.54, 1.807) is 48.5 Å². The largest absolute Gasteiger partial charge is 0.545 e. The van der Waals surface area contributed by atoms with Crippen molar-refractivity contribution in [2.45, 2.75) is 6.61 Å². The average molecular weight is 463 g/mol. The number of carboxylic acids is 1. The van der Waals surface area contributed by atoms with Crippen molar-refractivity contribution in [3.05, 3.63) is 113 Å². The summed E-state index contributed by atoms with van der Waals surface area (Å²) in [6.45, 7) is 0.179. The molecule has 0 aromatic heterocycles. The summed E-state index contributed by atoms with van der Waals surface area (Å²) >= 11 is 0. The lowest BCUT2D eigenvalue weighted by Gasteiger charge is -2.13. The van der Waals surface area contributed by atoms with Crippen molar-refractivity contribution < 1.29 is 24.2 Å². The van der Waals surface area contributed by atoms with Gasteiger partial charge in [-0.25, -0.2) is 9.69 Å². The molecule has 0 atom stereocenters. The highest BCUT2D eigenvalue weighted by Crippen LogP contribution is 2.32. The second-order valence-corrected chi connectivity index (χ2v) is 7.94. The van der Waals surface area contributed by atoms with Crippen LogP contribution in [0, 0.1) is 0 Å². The van der Waals surface area contributed by atoms with Gasteiger partial charge < -0.3 is 20.0 Å². The van der Waals surface area contributed by atoms with Gasteiger partial charge in [-0.05, 0) is 46.2 Å². The quantitative estimate of drug-likeness (QED) is 0.346. The number of urea groups is 1. The van der Waals surface area contributed by atoms with Crippen LogP contribution in [0.5, 0.6) is 5.75 Å². The number of aromatic carboxylic acids is 1. The van der Waals surface area contributed by atoms with Gasteiger partial charge in [-0.3, -0.25) is 4.79 Å². The summed E-state index contributed by atoms with van der Waals surface area (Å²) in [6, 6.07) is 25.8. The van der Waals surface area contributed by atoms with Crippen molar-refractivity contribution in [1.82, 2.24) is 5.32 Å². The molecule has 1 aliphatic heterocycles. The smallest absolute Gasteiger partial charge is 0.333 e. The molecule has 1 N–H and O–H groups in total. The molecule has 1 fully saturated rings. The van der Waals surface area contributed by atoms with Crippen LogP contribution in [0.15, 0.2) is 96.7 Å². The number of carboxylic acid groups (broad SMARTS) is 1. The van der Waals surface area contributed by atoms with Crippen LogP contribution in [0.3, 0.4) is 0 Å². The van der Waals surface area contributed by atoms with Crippen LogP contribution in [-0.4, -0.2) is 17.9 Å². The number of ether oxygens (including phenoxy) is 1. The average Bonchev–Trinajstić information content (AvgIpc) is 3.16. The van der Waals surface area contributed by atoms with Crippen LogP contribution in [0.2, 0.25) is 0 Å². The third kappa shape index (κ3) is 4.35. The van der Waals surface area contributed by atoms with Crippen molar-refractivity contribution in [3.63, 3.8) is 0 Å². The molecule has 4 aromatic carbocycles. The summed E-state index contributed by atoms with van der Waals surface area (Å²) in [4.78, 5) is 37.8. The monoisotopic (exact) mass is 463 g/mol. The van der Waals surface area contributed by atoms with Gasteiger partial charge >= 0.3 is 6.03 Å². The highest BCUT2D eigenvalue weighted by molar-refractivity contribution is 6.28. The maximum atomic E-state index is 13.1. The lowest BCUT2D eigenvalue weighted by molar-refractivity contribution is -0.255. The van der Waals surface area contributed by atoms with E-state index in [1.165, 1.54) is 12.1 Å². The zero-order chi connectivity index (χ0) is 24.4. The molecule has 0 spiro atoms. The minimum Gasteiger partial charge on any atom is -0.545 e. The third-order valence-electron chi connectivity index (χ3n) is 5.70. The first-order valence-electron chi connectivity index (χ1n) is 10.9. The van der Waals surface area contributed by atoms with Gasteiger partial charge in [0.2, 0.25) is 0 Å². The summed E-state index contributed by atoms with van der Waals surface area (Å²) in [6.07, 6.45) is 1.63. The van der Waals surface area contributed by atoms with Crippen LogP contribution >= 0.6 is 0 Å². The summed E-state index contributed by atoms with van der Waals surface area (Å²) < 4.78 is 6.07. The number of rotatable bonds is 6. The molecule has 0 unspecified atom stereocenters. The number of carbonyl (C=O) groups excluding carboxylic acids is 3. The van der Waals surface area contributed by atoms with Crippen LogP contribution in [0.1, 0.15) is 21.5 Å². The van der Waals surface area contributed by atoms with Gasteiger partial charge in [0.25, 0.3) is 5.91 Å². The third-order valence-corrected chi connectivity index (χ3v) is 5.70. The van der Waals surface area contributed by atoms with E-state index in [0.717, 1.165) is 21.2 Å². The molecule has 3 amide bonds. The van der Waals surface area contributed by atoms with Crippen LogP contribution in [0.25, 0.3) is 16.8 Å². The molecule has 0 saturated carbocycles. The molecule has 1 heterocycles. The number of anilines is 1. The van der Waals surface area contributed by atoms with Crippen LogP contribution < -0.4 is 20.1 Å². The Hall–Kier alpha value is -4.91. The number of benzene rings is 4. The minimum atomic E-state index is -1.24. The maximum absolute atomic E-state index is 13.1. The van der Waals surface area contributed by atoms with Crippen molar-refractivity contribution in [3.8, 4) is 5.75 Å². The summed E-state index contributed by atoms with van der Waals surface area (Å²) in [5.74, 6) is -1.19. The molecule has 35 heavy (non-hydrogen) atoms. The molecule has 1 saturated heterocycles. The summed E-state index contributed by atoms with van der Waals surface area (Å²) in [7, 11) is 0. The van der Waals surface area contributed by atoms with E-state index in [9.17, 15) is 19.5 Å². The van der Waals surface area contributed by atoms with E-state index in [2.05, 4.69) is 5.32 Å². The fourth-order valence-electron chi connectivity index (χ4n) is 3.94. The second kappa shape index (κ2) is 9.15. The topological polar surface area (TPSA) is 98.8 Å². The Bertz CT molecular complexity index is 1480. The molecule has 5 rings (SSSR count). The lowest BCUT2D eigenvalue weighted by atomic mass is 10.0. The molecule has 0 radical (unpaired) electrons. The Morgan fingerprint density at radius 2 is 1.60 bits per heavy atom. The van der Waals surface area contributed by atoms with Crippen molar-refractivity contribution in [2.75, 3.05) is 4.90 Å². The fourth-order valence-corrected chi connectivity index (χ4v) is 3.94. The molecule has 0 aliphatic carbocycles. The van der Waals surface area contributed by atoms with Gasteiger partial charge in [-0.1, -0.05) is 72.8 Å². The Morgan fingerprint density at radius 3 is 2.34 bits per heavy atom. The highest BCUT2D eigenvalue weighted by atomic mass is 16.5. The zero-order valence-corrected chi connectivity index (χ0v) is 18.4. The molecule has 7 nitrogen and oxygen atoms in total. The molecule has 0 bridgehead atoms. The molecule has 7 heteroatoms. The number of amides is 3. The second-order valence-electron chi connectivity index (χ2n) is 7.94. The number of hydrogen-bond acceptors (Lipinski definition) is 5. The Kier molecular flexibility index (Phi) is 5.73. The summed E-state index contributed by atoms with van der Waals surface area (Å²) in [5, 5.41) is 15.4. The maximum Gasteiger partial charge on any atom is 0.333 e. The first-order chi connectivity index (χ1) is 17.0. The highest BCUT2D eigenvalue weighted by Gasteiger charge is 2.35. The number of hydrogen-bond donors (Lipinski definition) is 1. The van der Waals surface area contributed by atoms with Gasteiger partial charge in [-0.15, -0.1) is 0 Å². The standard InChI is InChI=1S/C28H20N2O5/c31-26-24(29-28(34)30(26)21-7-2-1-3-8-21)16-23-22-9-5-4-6-19(22)14-15-25(23)35-17-18-10-12-20(13-11-18)27(32)33/h1-16H,17H2,(H,29,34)(H,32,33)/p-1/b24-16+. The molecule has 4 aromatic rings. The molecule has 1 aliphatic rings. The van der Waals surface area contributed by atoms with Crippen molar-refractivity contribution in [1.29, 1.82) is 0 Å². The Labute approximate surface area is 200 Å². The number of nitrogens with zero attached hydrogens (tertiary/aromatic N) is 1. The summed E-state index contributed by atoms with van der Waals surface area (Å²) in [5.41, 5.74) is 2.12. The molecule has 172 valence electrons. The first kappa shape index (κ1) is 21.9. The van der Waals surface area contributed by atoms with E-state index < -0.39 is 17.9 Å². The SMILES string of the molecule is O=C([O-])c1ccc(COc2ccc3ccccc3c2/C=C2/NC(=O)N(c3ccccc3)C2=O)cc1. The lowest BCUT2D eigenvalue weighted by Crippen LogP contribution is -2.30. The van der Waals surface area contributed by atoms with E-state index >= 15 is 0 Å². The number of fused-ring (bicyclic) bond motifs is 1. The van der Waals surface area contributed by atoms with Crippen LogP contribution in [-0.2, 0) is 11.4 Å². The predicted octanol–water partition coefficient (Wildman–Crippen LogP) is 3.88. The van der Waals surface area contributed by atoms with Gasteiger partial charge in [-0.2, -0.15) is 0 Å². The normalized spacial score (nSPS) is 14.4. The molecular weight excluding hydrogens is 444 g/mol. The Morgan fingerprint density at radius 1 is 0.886 bits per heavy atom. The first-order valence-corrected chi connectivity index (χ1v) is 10.9. The van der Waals surface area contributed by atoms with E-state index in [0.29, 0.717) is 17.0 Å². The van der Waals surface area contributed by atoms with Crippen molar-refractivity contribution >= 4 is 40.4 Å². The number of imide groups is 1. The number of nitrogens with one attached hydrogen (secondary N) is 1. The van der Waals surface area contributed by atoms with Gasteiger partial charge in [0.15, 0.2) is 0 Å². The fraction of sp³-hybridized carbons (Fsp3) is 0.0357. The predicted molar refractivity (Wildman–Crippen MR) is 129 cm³/mol. The van der Waals surface area contributed by atoms with E-state index in [1.807, 2.05) is 36.4 Å². The van der Waals surface area contributed by atoms with Gasteiger partial charge in [0.1, 0.15) is 18.1 Å². The van der Waals surface area contributed by atoms with Gasteiger partial charge in [0, 0.05) is 5.56 Å². The molecular formula is C28H19N2O5-. The van der Waals surface area contributed by atoms with Crippen molar-refractivity contribution in [2.24, 2.45) is 0 Å². The van der Waals surface area contributed by atoms with Crippen LogP contribution in [0.4, 0.5) is 10.5 Å². The van der Waals surface area contributed by atoms with Gasteiger partial charge in [0.05, 0.1) is 11.7 Å². The number of carbonyl (C=O) groups is 3. The van der Waals surface area contributed by atoms with E-state index in [-0.39, 0.29) is 17.9 Å².